The fourth-order valence-electron chi connectivity index (χ4n) is 1.81. The molecule has 2 aromatic rings. The van der Waals surface area contributed by atoms with E-state index in [2.05, 4.69) is 39.1 Å². The van der Waals surface area contributed by atoms with Crippen LogP contribution < -0.4 is 10.5 Å². The van der Waals surface area contributed by atoms with E-state index in [-0.39, 0.29) is 0 Å². The lowest BCUT2D eigenvalue weighted by molar-refractivity contribution is 0.320. The number of hydrogen-bond acceptors (Lipinski definition) is 3. The summed E-state index contributed by atoms with van der Waals surface area (Å²) in [5, 5.41) is 0. The SMILES string of the molecule is NCCc1ccc(OCCc2cccnc2)c(Br)c1. The first kappa shape index (κ1) is 14.0. The van der Waals surface area contributed by atoms with Crippen LogP contribution in [0.1, 0.15) is 11.1 Å². The first-order valence-corrected chi connectivity index (χ1v) is 7.09. The van der Waals surface area contributed by atoms with Crippen molar-refractivity contribution in [1.29, 1.82) is 0 Å². The highest BCUT2D eigenvalue weighted by atomic mass is 79.9. The average molecular weight is 321 g/mol. The fourth-order valence-corrected chi connectivity index (χ4v) is 2.35. The molecule has 0 spiro atoms. The molecule has 4 heteroatoms. The quantitative estimate of drug-likeness (QED) is 0.890. The van der Waals surface area contributed by atoms with Crippen LogP contribution in [0, 0.1) is 0 Å². The van der Waals surface area contributed by atoms with Crippen molar-refractivity contribution in [3.8, 4) is 5.75 Å². The summed E-state index contributed by atoms with van der Waals surface area (Å²) in [7, 11) is 0. The van der Waals surface area contributed by atoms with E-state index in [0.717, 1.165) is 23.1 Å². The lowest BCUT2D eigenvalue weighted by atomic mass is 10.1. The summed E-state index contributed by atoms with van der Waals surface area (Å²) < 4.78 is 6.74. The molecule has 100 valence electrons. The van der Waals surface area contributed by atoms with Gasteiger partial charge in [0.15, 0.2) is 0 Å². The molecule has 1 aromatic heterocycles. The highest BCUT2D eigenvalue weighted by Gasteiger charge is 2.03. The fraction of sp³-hybridized carbons (Fsp3) is 0.267. The van der Waals surface area contributed by atoms with Gasteiger partial charge in [-0.2, -0.15) is 0 Å². The van der Waals surface area contributed by atoms with E-state index in [1.165, 1.54) is 11.1 Å². The third kappa shape index (κ3) is 4.33. The van der Waals surface area contributed by atoms with Crippen LogP contribution in [0.2, 0.25) is 0 Å². The second kappa shape index (κ2) is 7.26. The molecule has 2 N–H and O–H groups in total. The molecular weight excluding hydrogens is 304 g/mol. The molecule has 0 atom stereocenters. The van der Waals surface area contributed by atoms with Gasteiger partial charge in [0.2, 0.25) is 0 Å². The van der Waals surface area contributed by atoms with E-state index in [0.29, 0.717) is 13.2 Å². The van der Waals surface area contributed by atoms with Gasteiger partial charge in [0.1, 0.15) is 5.75 Å². The molecule has 0 fully saturated rings. The van der Waals surface area contributed by atoms with Crippen LogP contribution >= 0.6 is 15.9 Å². The maximum absolute atomic E-state index is 5.77. The number of benzene rings is 1. The minimum Gasteiger partial charge on any atom is -0.492 e. The molecule has 0 unspecified atom stereocenters. The van der Waals surface area contributed by atoms with Crippen LogP contribution in [0.3, 0.4) is 0 Å². The maximum atomic E-state index is 5.77. The van der Waals surface area contributed by atoms with Crippen LogP contribution in [0.5, 0.6) is 5.75 Å². The molecule has 0 radical (unpaired) electrons. The van der Waals surface area contributed by atoms with Crippen molar-refractivity contribution in [1.82, 2.24) is 4.98 Å². The molecule has 2 rings (SSSR count). The number of nitrogens with zero attached hydrogens (tertiary/aromatic N) is 1. The maximum Gasteiger partial charge on any atom is 0.133 e. The van der Waals surface area contributed by atoms with Crippen molar-refractivity contribution >= 4 is 15.9 Å². The molecule has 19 heavy (non-hydrogen) atoms. The molecule has 0 aliphatic carbocycles. The summed E-state index contributed by atoms with van der Waals surface area (Å²) in [5.74, 6) is 0.865. The van der Waals surface area contributed by atoms with Crippen molar-refractivity contribution in [2.24, 2.45) is 5.73 Å². The average Bonchev–Trinajstić information content (AvgIpc) is 2.43. The standard InChI is InChI=1S/C15H17BrN2O/c16-14-10-12(5-7-17)3-4-15(14)19-9-6-13-2-1-8-18-11-13/h1-4,8,10-11H,5-7,9,17H2. The van der Waals surface area contributed by atoms with E-state index in [1.807, 2.05) is 18.3 Å². The normalized spacial score (nSPS) is 10.4. The zero-order valence-electron chi connectivity index (χ0n) is 10.7. The van der Waals surface area contributed by atoms with Crippen molar-refractivity contribution in [2.45, 2.75) is 12.8 Å². The number of aromatic nitrogens is 1. The van der Waals surface area contributed by atoms with E-state index in [9.17, 15) is 0 Å². The molecule has 0 bridgehead atoms. The van der Waals surface area contributed by atoms with Gasteiger partial charge in [-0.25, -0.2) is 0 Å². The number of hydrogen-bond donors (Lipinski definition) is 1. The third-order valence-corrected chi connectivity index (χ3v) is 3.42. The monoisotopic (exact) mass is 320 g/mol. The molecule has 1 heterocycles. The summed E-state index contributed by atoms with van der Waals surface area (Å²) in [6.45, 7) is 1.30. The number of nitrogens with two attached hydrogens (primary N) is 1. The first-order valence-electron chi connectivity index (χ1n) is 6.30. The highest BCUT2D eigenvalue weighted by molar-refractivity contribution is 9.10. The second-order valence-electron chi connectivity index (χ2n) is 4.26. The minimum atomic E-state index is 0.639. The Morgan fingerprint density at radius 2 is 2.05 bits per heavy atom. The molecule has 0 aliphatic rings. The molecule has 0 saturated carbocycles. The number of halogens is 1. The Morgan fingerprint density at radius 1 is 1.16 bits per heavy atom. The predicted octanol–water partition coefficient (Wildman–Crippen LogP) is 2.97. The van der Waals surface area contributed by atoms with Gasteiger partial charge in [-0.15, -0.1) is 0 Å². The Labute approximate surface area is 121 Å². The highest BCUT2D eigenvalue weighted by Crippen LogP contribution is 2.26. The van der Waals surface area contributed by atoms with Gasteiger partial charge in [0.25, 0.3) is 0 Å². The summed E-state index contributed by atoms with van der Waals surface area (Å²) in [6.07, 6.45) is 5.37. The van der Waals surface area contributed by atoms with Gasteiger partial charge in [0.05, 0.1) is 11.1 Å². The Hall–Kier alpha value is -1.39. The van der Waals surface area contributed by atoms with Gasteiger partial charge in [-0.1, -0.05) is 12.1 Å². The van der Waals surface area contributed by atoms with Crippen molar-refractivity contribution in [3.05, 3.63) is 58.3 Å². The zero-order valence-corrected chi connectivity index (χ0v) is 12.3. The molecule has 0 amide bonds. The summed E-state index contributed by atoms with van der Waals surface area (Å²) in [5.41, 5.74) is 7.94. The van der Waals surface area contributed by atoms with Crippen LogP contribution in [0.25, 0.3) is 0 Å². The Balaban J connectivity index is 1.89. The van der Waals surface area contributed by atoms with Gasteiger partial charge in [-0.05, 0) is 58.2 Å². The van der Waals surface area contributed by atoms with Crippen molar-refractivity contribution < 1.29 is 4.74 Å². The summed E-state index contributed by atoms with van der Waals surface area (Å²) in [4.78, 5) is 4.08. The molecule has 0 aliphatic heterocycles. The van der Waals surface area contributed by atoms with E-state index >= 15 is 0 Å². The lowest BCUT2D eigenvalue weighted by Gasteiger charge is -2.09. The largest absolute Gasteiger partial charge is 0.492 e. The Kier molecular flexibility index (Phi) is 5.36. The van der Waals surface area contributed by atoms with Crippen LogP contribution in [0.15, 0.2) is 47.2 Å². The Bertz CT molecular complexity index is 517. The third-order valence-electron chi connectivity index (χ3n) is 2.80. The van der Waals surface area contributed by atoms with Crippen LogP contribution in [0.4, 0.5) is 0 Å². The molecular formula is C15H17BrN2O. The van der Waals surface area contributed by atoms with E-state index < -0.39 is 0 Å². The predicted molar refractivity (Wildman–Crippen MR) is 80.3 cm³/mol. The topological polar surface area (TPSA) is 48.1 Å². The van der Waals surface area contributed by atoms with Crippen LogP contribution in [-0.2, 0) is 12.8 Å². The minimum absolute atomic E-state index is 0.639. The van der Waals surface area contributed by atoms with Gasteiger partial charge >= 0.3 is 0 Å². The van der Waals surface area contributed by atoms with Gasteiger partial charge in [0, 0.05) is 18.8 Å². The van der Waals surface area contributed by atoms with E-state index in [4.69, 9.17) is 10.5 Å². The van der Waals surface area contributed by atoms with E-state index in [1.54, 1.807) is 6.20 Å². The molecule has 3 nitrogen and oxygen atoms in total. The lowest BCUT2D eigenvalue weighted by Crippen LogP contribution is -2.04. The van der Waals surface area contributed by atoms with Gasteiger partial charge < -0.3 is 10.5 Å². The summed E-state index contributed by atoms with van der Waals surface area (Å²) >= 11 is 3.53. The smallest absolute Gasteiger partial charge is 0.133 e. The Morgan fingerprint density at radius 3 is 2.74 bits per heavy atom. The number of rotatable bonds is 6. The molecule has 0 saturated heterocycles. The van der Waals surface area contributed by atoms with Crippen LogP contribution in [-0.4, -0.2) is 18.1 Å². The summed E-state index contributed by atoms with van der Waals surface area (Å²) in [6, 6.07) is 10.1. The van der Waals surface area contributed by atoms with Gasteiger partial charge in [-0.3, -0.25) is 4.98 Å². The second-order valence-corrected chi connectivity index (χ2v) is 5.12. The first-order chi connectivity index (χ1) is 9.29. The van der Waals surface area contributed by atoms with Crippen molar-refractivity contribution in [3.63, 3.8) is 0 Å². The van der Waals surface area contributed by atoms with Crippen molar-refractivity contribution in [2.75, 3.05) is 13.2 Å². The number of ether oxygens (including phenoxy) is 1. The zero-order chi connectivity index (χ0) is 13.5. The number of pyridine rings is 1. The molecule has 1 aromatic carbocycles.